The lowest BCUT2D eigenvalue weighted by Crippen LogP contribution is -2.17. The minimum absolute atomic E-state index is 0.0521. The molecule has 3 N–H and O–H groups in total. The Labute approximate surface area is 94.2 Å². The minimum Gasteiger partial charge on any atom is -0.481 e. The first kappa shape index (κ1) is 11.1. The number of hydrogen-bond donors (Lipinski definition) is 2. The average Bonchev–Trinajstić information content (AvgIpc) is 2.56. The number of rotatable bonds is 3. The van der Waals surface area contributed by atoms with Crippen LogP contribution in [0, 0.1) is 0 Å². The maximum atomic E-state index is 10.6. The van der Waals surface area contributed by atoms with Crippen LogP contribution in [0.1, 0.15) is 42.3 Å². The first-order chi connectivity index (χ1) is 7.59. The van der Waals surface area contributed by atoms with Gasteiger partial charge in [-0.15, -0.1) is 0 Å². The van der Waals surface area contributed by atoms with Gasteiger partial charge in [0, 0.05) is 12.7 Å². The molecule has 1 unspecified atom stereocenters. The molecule has 1 heterocycles. The van der Waals surface area contributed by atoms with Gasteiger partial charge in [-0.3, -0.25) is 9.48 Å². The van der Waals surface area contributed by atoms with Crippen LogP contribution >= 0.6 is 0 Å². The maximum Gasteiger partial charge on any atom is 0.305 e. The summed E-state index contributed by atoms with van der Waals surface area (Å²) in [6.45, 7) is 0. The van der Waals surface area contributed by atoms with Crippen molar-refractivity contribution < 1.29 is 9.90 Å². The molecule has 0 saturated carbocycles. The Morgan fingerprint density at radius 1 is 1.56 bits per heavy atom. The van der Waals surface area contributed by atoms with Crippen LogP contribution in [0.4, 0.5) is 0 Å². The summed E-state index contributed by atoms with van der Waals surface area (Å²) in [4.78, 5) is 10.6. The van der Waals surface area contributed by atoms with E-state index in [9.17, 15) is 4.79 Å². The molecular weight excluding hydrogens is 206 g/mol. The smallest absolute Gasteiger partial charge is 0.305 e. The van der Waals surface area contributed by atoms with E-state index in [4.69, 9.17) is 10.8 Å². The van der Waals surface area contributed by atoms with Crippen LogP contribution in [0.25, 0.3) is 0 Å². The average molecular weight is 223 g/mol. The van der Waals surface area contributed by atoms with Gasteiger partial charge in [0.2, 0.25) is 0 Å². The van der Waals surface area contributed by atoms with Crippen LogP contribution in [-0.4, -0.2) is 20.9 Å². The number of aliphatic carboxylic acids is 1. The number of carbonyl (C=O) groups is 1. The third-order valence-electron chi connectivity index (χ3n) is 3.14. The van der Waals surface area contributed by atoms with Crippen LogP contribution in [0.15, 0.2) is 0 Å². The number of aromatic nitrogens is 2. The molecule has 1 aliphatic carbocycles. The summed E-state index contributed by atoms with van der Waals surface area (Å²) in [6, 6.07) is -0.481. The van der Waals surface area contributed by atoms with Crippen molar-refractivity contribution in [2.75, 3.05) is 0 Å². The fourth-order valence-corrected chi connectivity index (χ4v) is 2.39. The van der Waals surface area contributed by atoms with Crippen LogP contribution < -0.4 is 5.73 Å². The molecular formula is C11H17N3O2. The van der Waals surface area contributed by atoms with Gasteiger partial charge in [-0.25, -0.2) is 0 Å². The summed E-state index contributed by atoms with van der Waals surface area (Å²) in [5, 5.41) is 13.1. The molecule has 1 aromatic heterocycles. The van der Waals surface area contributed by atoms with Gasteiger partial charge in [0.15, 0.2) is 0 Å². The molecule has 0 aromatic carbocycles. The number of carboxylic acid groups (broad SMARTS) is 1. The van der Waals surface area contributed by atoms with E-state index in [1.165, 1.54) is 17.7 Å². The molecule has 0 fully saturated rings. The standard InChI is InChI=1S/C11H17N3O2/c1-14-9-5-3-2-4-7(9)11(13-14)8(12)6-10(15)16/h8H,2-6,12H2,1H3,(H,15,16). The van der Waals surface area contributed by atoms with Crippen molar-refractivity contribution in [2.24, 2.45) is 12.8 Å². The molecule has 0 bridgehead atoms. The molecule has 0 saturated heterocycles. The van der Waals surface area contributed by atoms with Crippen molar-refractivity contribution in [3.63, 3.8) is 0 Å². The maximum absolute atomic E-state index is 10.6. The third kappa shape index (κ3) is 1.95. The van der Waals surface area contributed by atoms with Crippen LogP contribution in [0.5, 0.6) is 0 Å². The second kappa shape index (κ2) is 4.25. The van der Waals surface area contributed by atoms with Gasteiger partial charge >= 0.3 is 5.97 Å². The third-order valence-corrected chi connectivity index (χ3v) is 3.14. The highest BCUT2D eigenvalue weighted by molar-refractivity contribution is 5.67. The Balaban J connectivity index is 2.30. The largest absolute Gasteiger partial charge is 0.481 e. The monoisotopic (exact) mass is 223 g/mol. The second-order valence-corrected chi connectivity index (χ2v) is 4.35. The molecule has 1 atom stereocenters. The van der Waals surface area contributed by atoms with Gasteiger partial charge in [0.1, 0.15) is 0 Å². The highest BCUT2D eigenvalue weighted by Gasteiger charge is 2.24. The van der Waals surface area contributed by atoms with E-state index in [1.54, 1.807) is 0 Å². The summed E-state index contributed by atoms with van der Waals surface area (Å²) >= 11 is 0. The summed E-state index contributed by atoms with van der Waals surface area (Å²) in [5.74, 6) is -0.872. The van der Waals surface area contributed by atoms with Crippen molar-refractivity contribution in [3.05, 3.63) is 17.0 Å². The summed E-state index contributed by atoms with van der Waals surface area (Å²) < 4.78 is 1.85. The van der Waals surface area contributed by atoms with Gasteiger partial charge in [0.05, 0.1) is 18.2 Å². The molecule has 5 nitrogen and oxygen atoms in total. The number of nitrogens with zero attached hydrogens (tertiary/aromatic N) is 2. The van der Waals surface area contributed by atoms with E-state index in [1.807, 2.05) is 11.7 Å². The number of aryl methyl sites for hydroxylation is 1. The molecule has 0 radical (unpaired) electrons. The second-order valence-electron chi connectivity index (χ2n) is 4.35. The van der Waals surface area contributed by atoms with E-state index >= 15 is 0 Å². The van der Waals surface area contributed by atoms with Gasteiger partial charge in [0.25, 0.3) is 0 Å². The molecule has 16 heavy (non-hydrogen) atoms. The lowest BCUT2D eigenvalue weighted by molar-refractivity contribution is -0.137. The van der Waals surface area contributed by atoms with Crippen LogP contribution in [0.3, 0.4) is 0 Å². The molecule has 5 heteroatoms. The van der Waals surface area contributed by atoms with Crippen molar-refractivity contribution in [1.29, 1.82) is 0 Å². The molecule has 0 amide bonds. The fourth-order valence-electron chi connectivity index (χ4n) is 2.39. The number of hydrogen-bond acceptors (Lipinski definition) is 3. The van der Waals surface area contributed by atoms with Crippen molar-refractivity contribution in [2.45, 2.75) is 38.1 Å². The normalized spacial score (nSPS) is 16.9. The zero-order valence-corrected chi connectivity index (χ0v) is 9.44. The highest BCUT2D eigenvalue weighted by atomic mass is 16.4. The SMILES string of the molecule is Cn1nc(C(N)CC(=O)O)c2c1CCCC2. The number of nitrogens with two attached hydrogens (primary N) is 1. The van der Waals surface area contributed by atoms with E-state index in [0.29, 0.717) is 0 Å². The predicted molar refractivity (Wildman–Crippen MR) is 59.0 cm³/mol. The van der Waals surface area contributed by atoms with E-state index in [0.717, 1.165) is 25.0 Å². The Kier molecular flexibility index (Phi) is 2.96. The molecule has 2 rings (SSSR count). The molecule has 88 valence electrons. The van der Waals surface area contributed by atoms with Gasteiger partial charge in [-0.1, -0.05) is 0 Å². The van der Waals surface area contributed by atoms with Gasteiger partial charge < -0.3 is 10.8 Å². The molecule has 0 spiro atoms. The van der Waals surface area contributed by atoms with Gasteiger partial charge in [-0.05, 0) is 31.2 Å². The molecule has 0 aliphatic heterocycles. The summed E-state index contributed by atoms with van der Waals surface area (Å²) in [5.41, 5.74) is 9.06. The Bertz CT molecular complexity index is 412. The van der Waals surface area contributed by atoms with Gasteiger partial charge in [-0.2, -0.15) is 5.10 Å². The van der Waals surface area contributed by atoms with E-state index in [2.05, 4.69) is 5.10 Å². The van der Waals surface area contributed by atoms with Crippen molar-refractivity contribution in [3.8, 4) is 0 Å². The first-order valence-corrected chi connectivity index (χ1v) is 5.61. The van der Waals surface area contributed by atoms with E-state index in [-0.39, 0.29) is 6.42 Å². The Morgan fingerprint density at radius 2 is 2.25 bits per heavy atom. The summed E-state index contributed by atoms with van der Waals surface area (Å²) in [6.07, 6.45) is 4.28. The minimum atomic E-state index is -0.872. The number of carboxylic acids is 1. The zero-order valence-electron chi connectivity index (χ0n) is 9.44. The lowest BCUT2D eigenvalue weighted by atomic mass is 9.93. The Morgan fingerprint density at radius 3 is 2.94 bits per heavy atom. The fraction of sp³-hybridized carbons (Fsp3) is 0.636. The van der Waals surface area contributed by atoms with Crippen molar-refractivity contribution >= 4 is 5.97 Å². The van der Waals surface area contributed by atoms with Crippen LogP contribution in [0.2, 0.25) is 0 Å². The predicted octanol–water partition coefficient (Wildman–Crippen LogP) is 0.773. The zero-order chi connectivity index (χ0) is 11.7. The Hall–Kier alpha value is -1.36. The van der Waals surface area contributed by atoms with Crippen LogP contribution in [-0.2, 0) is 24.7 Å². The molecule has 1 aliphatic rings. The molecule has 1 aromatic rings. The first-order valence-electron chi connectivity index (χ1n) is 5.61. The van der Waals surface area contributed by atoms with E-state index < -0.39 is 12.0 Å². The quantitative estimate of drug-likeness (QED) is 0.793. The highest BCUT2D eigenvalue weighted by Crippen LogP contribution is 2.27. The number of fused-ring (bicyclic) bond motifs is 1. The van der Waals surface area contributed by atoms with Crippen molar-refractivity contribution in [1.82, 2.24) is 9.78 Å². The summed E-state index contributed by atoms with van der Waals surface area (Å²) in [7, 11) is 1.90. The lowest BCUT2D eigenvalue weighted by Gasteiger charge is -2.14. The topological polar surface area (TPSA) is 81.1 Å².